The van der Waals surface area contributed by atoms with Crippen LogP contribution in [0.3, 0.4) is 0 Å². The van der Waals surface area contributed by atoms with Crippen molar-refractivity contribution in [3.8, 4) is 5.75 Å². The van der Waals surface area contributed by atoms with E-state index in [4.69, 9.17) is 16.3 Å². The summed E-state index contributed by atoms with van der Waals surface area (Å²) in [6, 6.07) is 6.43. The molecule has 0 amide bonds. The van der Waals surface area contributed by atoms with Crippen molar-refractivity contribution in [2.45, 2.75) is 19.4 Å². The van der Waals surface area contributed by atoms with Crippen LogP contribution in [0.15, 0.2) is 18.2 Å². The van der Waals surface area contributed by atoms with Crippen molar-refractivity contribution in [2.24, 2.45) is 0 Å². The Morgan fingerprint density at radius 1 is 1.47 bits per heavy atom. The van der Waals surface area contributed by atoms with Gasteiger partial charge >= 0.3 is 0 Å². The molecule has 0 aromatic heterocycles. The molecular weight excluding hydrogens is 210 g/mol. The fourth-order valence-corrected chi connectivity index (χ4v) is 1.96. The average molecular weight is 228 g/mol. The first-order valence-electron chi connectivity index (χ1n) is 5.16. The second-order valence-corrected chi connectivity index (χ2v) is 3.73. The van der Waals surface area contributed by atoms with Crippen molar-refractivity contribution in [3.63, 3.8) is 0 Å². The maximum absolute atomic E-state index is 5.88. The third kappa shape index (κ3) is 2.86. The Hall–Kier alpha value is -0.730. The van der Waals surface area contributed by atoms with E-state index in [1.54, 1.807) is 7.11 Å². The molecule has 0 spiro atoms. The summed E-state index contributed by atoms with van der Waals surface area (Å²) in [5, 5.41) is 3.18. The largest absolute Gasteiger partial charge is 0.496 e. The number of nitrogens with one attached hydrogen (secondary N) is 1. The average Bonchev–Trinajstić information content (AvgIpc) is 2.30. The molecule has 1 aromatic carbocycles. The smallest absolute Gasteiger partial charge is 0.122 e. The molecule has 0 saturated carbocycles. The lowest BCUT2D eigenvalue weighted by atomic mass is 10.0. The fraction of sp³-hybridized carbons (Fsp3) is 0.500. The SMILES string of the molecule is CCc1cc(C(CCl)NC)ccc1OC. The molecule has 0 aliphatic rings. The van der Waals surface area contributed by atoms with Gasteiger partial charge in [-0.3, -0.25) is 0 Å². The van der Waals surface area contributed by atoms with Gasteiger partial charge in [0.25, 0.3) is 0 Å². The highest BCUT2D eigenvalue weighted by molar-refractivity contribution is 6.18. The number of hydrogen-bond acceptors (Lipinski definition) is 2. The summed E-state index contributed by atoms with van der Waals surface area (Å²) in [6.07, 6.45) is 0.968. The lowest BCUT2D eigenvalue weighted by molar-refractivity contribution is 0.409. The van der Waals surface area contributed by atoms with Crippen LogP contribution in [0.25, 0.3) is 0 Å². The Morgan fingerprint density at radius 2 is 2.20 bits per heavy atom. The predicted molar refractivity (Wildman–Crippen MR) is 64.9 cm³/mol. The van der Waals surface area contributed by atoms with E-state index < -0.39 is 0 Å². The zero-order valence-corrected chi connectivity index (χ0v) is 10.3. The molecule has 15 heavy (non-hydrogen) atoms. The Morgan fingerprint density at radius 3 is 2.67 bits per heavy atom. The van der Waals surface area contributed by atoms with Crippen molar-refractivity contribution >= 4 is 11.6 Å². The molecule has 0 radical (unpaired) electrons. The van der Waals surface area contributed by atoms with Crippen molar-refractivity contribution in [3.05, 3.63) is 29.3 Å². The second kappa shape index (κ2) is 5.99. The van der Waals surface area contributed by atoms with Crippen LogP contribution < -0.4 is 10.1 Å². The predicted octanol–water partition coefficient (Wildman–Crippen LogP) is 2.76. The fourth-order valence-electron chi connectivity index (χ4n) is 1.62. The summed E-state index contributed by atoms with van der Waals surface area (Å²) in [4.78, 5) is 0. The van der Waals surface area contributed by atoms with Gasteiger partial charge in [0, 0.05) is 11.9 Å². The van der Waals surface area contributed by atoms with Gasteiger partial charge in [-0.25, -0.2) is 0 Å². The Labute approximate surface area is 96.6 Å². The van der Waals surface area contributed by atoms with Gasteiger partial charge in [-0.15, -0.1) is 11.6 Å². The molecule has 0 saturated heterocycles. The number of rotatable bonds is 5. The number of methoxy groups -OCH3 is 1. The summed E-state index contributed by atoms with van der Waals surface area (Å²) < 4.78 is 5.28. The van der Waals surface area contributed by atoms with E-state index in [1.807, 2.05) is 13.1 Å². The first-order valence-corrected chi connectivity index (χ1v) is 5.70. The monoisotopic (exact) mass is 227 g/mol. The van der Waals surface area contributed by atoms with Gasteiger partial charge in [0.05, 0.1) is 7.11 Å². The summed E-state index contributed by atoms with van der Waals surface area (Å²) >= 11 is 5.88. The minimum absolute atomic E-state index is 0.211. The number of aryl methyl sites for hydroxylation is 1. The molecule has 1 N–H and O–H groups in total. The molecule has 1 unspecified atom stereocenters. The minimum Gasteiger partial charge on any atom is -0.496 e. The van der Waals surface area contributed by atoms with Crippen molar-refractivity contribution < 1.29 is 4.74 Å². The van der Waals surface area contributed by atoms with Crippen LogP contribution in [0.1, 0.15) is 24.1 Å². The summed E-state index contributed by atoms with van der Waals surface area (Å²) in [5.74, 6) is 1.53. The lowest BCUT2D eigenvalue weighted by Crippen LogP contribution is -2.17. The molecule has 1 rings (SSSR count). The van der Waals surface area contributed by atoms with Crippen LogP contribution in [0.4, 0.5) is 0 Å². The molecular formula is C12H18ClNO. The molecule has 0 fully saturated rings. The third-order valence-corrected chi connectivity index (χ3v) is 2.90. The van der Waals surface area contributed by atoms with Crippen LogP contribution >= 0.6 is 11.6 Å². The molecule has 0 aliphatic heterocycles. The maximum atomic E-state index is 5.88. The highest BCUT2D eigenvalue weighted by Crippen LogP contribution is 2.24. The Kier molecular flexibility index (Phi) is 4.92. The normalized spacial score (nSPS) is 12.5. The van der Waals surface area contributed by atoms with Gasteiger partial charge in [-0.05, 0) is 30.7 Å². The van der Waals surface area contributed by atoms with Crippen LogP contribution in [0.5, 0.6) is 5.75 Å². The maximum Gasteiger partial charge on any atom is 0.122 e. The van der Waals surface area contributed by atoms with E-state index in [9.17, 15) is 0 Å². The standard InChI is InChI=1S/C12H18ClNO/c1-4-9-7-10(11(8-13)14-2)5-6-12(9)15-3/h5-7,11,14H,4,8H2,1-3H3. The highest BCUT2D eigenvalue weighted by atomic mass is 35.5. The molecule has 0 aliphatic carbocycles. The molecule has 1 atom stereocenters. The third-order valence-electron chi connectivity index (χ3n) is 2.59. The van der Waals surface area contributed by atoms with E-state index >= 15 is 0 Å². The van der Waals surface area contributed by atoms with Crippen molar-refractivity contribution in [1.82, 2.24) is 5.32 Å². The molecule has 84 valence electrons. The number of ether oxygens (including phenoxy) is 1. The van der Waals surface area contributed by atoms with Crippen LogP contribution in [-0.2, 0) is 6.42 Å². The van der Waals surface area contributed by atoms with Gasteiger partial charge < -0.3 is 10.1 Å². The van der Waals surface area contributed by atoms with E-state index in [1.165, 1.54) is 11.1 Å². The van der Waals surface area contributed by atoms with E-state index in [2.05, 4.69) is 24.4 Å². The van der Waals surface area contributed by atoms with E-state index in [-0.39, 0.29) is 6.04 Å². The highest BCUT2D eigenvalue weighted by Gasteiger charge is 2.10. The number of alkyl halides is 1. The topological polar surface area (TPSA) is 21.3 Å². The van der Waals surface area contributed by atoms with Gasteiger partial charge in [0.1, 0.15) is 5.75 Å². The molecule has 2 nitrogen and oxygen atoms in total. The molecule has 0 bridgehead atoms. The zero-order valence-electron chi connectivity index (χ0n) is 9.51. The Balaban J connectivity index is 3.01. The van der Waals surface area contributed by atoms with Gasteiger partial charge in [-0.1, -0.05) is 19.1 Å². The van der Waals surface area contributed by atoms with Gasteiger partial charge in [0.15, 0.2) is 0 Å². The van der Waals surface area contributed by atoms with E-state index in [0.29, 0.717) is 5.88 Å². The number of hydrogen-bond donors (Lipinski definition) is 1. The number of halogens is 1. The molecule has 1 aromatic rings. The quantitative estimate of drug-likeness (QED) is 0.782. The summed E-state index contributed by atoms with van der Waals surface area (Å²) in [7, 11) is 3.62. The molecule has 3 heteroatoms. The zero-order chi connectivity index (χ0) is 11.3. The lowest BCUT2D eigenvalue weighted by Gasteiger charge is -2.15. The van der Waals surface area contributed by atoms with Gasteiger partial charge in [0.2, 0.25) is 0 Å². The second-order valence-electron chi connectivity index (χ2n) is 3.42. The van der Waals surface area contributed by atoms with E-state index in [0.717, 1.165) is 12.2 Å². The number of benzene rings is 1. The first kappa shape index (κ1) is 12.3. The minimum atomic E-state index is 0.211. The first-order chi connectivity index (χ1) is 7.26. The van der Waals surface area contributed by atoms with Crippen molar-refractivity contribution in [2.75, 3.05) is 20.0 Å². The van der Waals surface area contributed by atoms with Crippen LogP contribution in [0.2, 0.25) is 0 Å². The molecule has 0 heterocycles. The van der Waals surface area contributed by atoms with Gasteiger partial charge in [-0.2, -0.15) is 0 Å². The summed E-state index contributed by atoms with van der Waals surface area (Å²) in [5.41, 5.74) is 2.44. The van der Waals surface area contributed by atoms with Crippen molar-refractivity contribution in [1.29, 1.82) is 0 Å². The Bertz CT molecular complexity index is 310. The van der Waals surface area contributed by atoms with Crippen LogP contribution in [-0.4, -0.2) is 20.0 Å². The van der Waals surface area contributed by atoms with Crippen LogP contribution in [0, 0.1) is 0 Å². The summed E-state index contributed by atoms with van der Waals surface area (Å²) in [6.45, 7) is 2.12.